The van der Waals surface area contributed by atoms with Gasteiger partial charge in [0, 0.05) is 18.7 Å². The summed E-state index contributed by atoms with van der Waals surface area (Å²) in [6.07, 6.45) is 2.11. The van der Waals surface area contributed by atoms with Gasteiger partial charge in [0.05, 0.1) is 5.02 Å². The molecule has 0 radical (unpaired) electrons. The molecule has 1 atom stereocenters. The van der Waals surface area contributed by atoms with Crippen molar-refractivity contribution in [1.82, 2.24) is 15.1 Å². The third kappa shape index (κ3) is 2.56. The Balaban J connectivity index is 2.21. The molecule has 2 heterocycles. The Morgan fingerprint density at radius 1 is 1.50 bits per heavy atom. The van der Waals surface area contributed by atoms with Crippen molar-refractivity contribution in [2.24, 2.45) is 5.73 Å². The summed E-state index contributed by atoms with van der Waals surface area (Å²) in [6, 6.07) is 3.45. The van der Waals surface area contributed by atoms with E-state index in [0.29, 0.717) is 28.9 Å². The summed E-state index contributed by atoms with van der Waals surface area (Å²) < 4.78 is 5.07. The maximum atomic E-state index is 5.73. The van der Waals surface area contributed by atoms with Gasteiger partial charge in [-0.25, -0.2) is 4.98 Å². The zero-order valence-corrected chi connectivity index (χ0v) is 9.48. The van der Waals surface area contributed by atoms with Crippen molar-refractivity contribution in [3.05, 3.63) is 29.2 Å². The molecule has 84 valence electrons. The average molecular weight is 239 g/mol. The van der Waals surface area contributed by atoms with Crippen molar-refractivity contribution in [2.45, 2.75) is 19.4 Å². The molecular formula is C10H11ClN4O. The smallest absolute Gasteiger partial charge is 0.276 e. The highest BCUT2D eigenvalue weighted by atomic mass is 35.5. The van der Waals surface area contributed by atoms with Crippen LogP contribution in [0.1, 0.15) is 12.7 Å². The first kappa shape index (κ1) is 11.0. The Hall–Kier alpha value is -1.46. The summed E-state index contributed by atoms with van der Waals surface area (Å²) in [7, 11) is 0. The lowest BCUT2D eigenvalue weighted by molar-refractivity contribution is 0.419. The fourth-order valence-corrected chi connectivity index (χ4v) is 1.34. The molecule has 2 N–H and O–H groups in total. The molecule has 6 heteroatoms. The van der Waals surface area contributed by atoms with E-state index in [-0.39, 0.29) is 6.04 Å². The summed E-state index contributed by atoms with van der Waals surface area (Å²) in [6.45, 7) is 1.89. The van der Waals surface area contributed by atoms with E-state index in [2.05, 4.69) is 15.1 Å². The predicted molar refractivity (Wildman–Crippen MR) is 59.9 cm³/mol. The van der Waals surface area contributed by atoms with E-state index in [9.17, 15) is 0 Å². The minimum Gasteiger partial charge on any atom is -0.332 e. The van der Waals surface area contributed by atoms with Gasteiger partial charge in [0.2, 0.25) is 0 Å². The Labute approximate surface area is 97.6 Å². The van der Waals surface area contributed by atoms with E-state index in [1.54, 1.807) is 12.1 Å². The standard InChI is InChI=1S/C10H11ClN4O/c1-6(12)4-9-14-10(16-15-9)8-3-2-7(11)5-13-8/h2-3,5-6H,4,12H2,1H3. The second kappa shape index (κ2) is 4.59. The number of nitrogens with zero attached hydrogens (tertiary/aromatic N) is 3. The first-order valence-electron chi connectivity index (χ1n) is 4.85. The summed E-state index contributed by atoms with van der Waals surface area (Å²) in [5, 5.41) is 4.38. The van der Waals surface area contributed by atoms with Gasteiger partial charge in [0.1, 0.15) is 5.69 Å². The lowest BCUT2D eigenvalue weighted by Gasteiger charge is -1.96. The molecule has 0 aromatic carbocycles. The van der Waals surface area contributed by atoms with Gasteiger partial charge in [0.25, 0.3) is 5.89 Å². The van der Waals surface area contributed by atoms with Gasteiger partial charge in [-0.3, -0.25) is 0 Å². The molecule has 2 aromatic heterocycles. The minimum absolute atomic E-state index is 0.00336. The molecule has 0 amide bonds. The van der Waals surface area contributed by atoms with E-state index in [4.69, 9.17) is 21.9 Å². The van der Waals surface area contributed by atoms with E-state index >= 15 is 0 Å². The Kier molecular flexibility index (Phi) is 3.17. The van der Waals surface area contributed by atoms with E-state index in [1.165, 1.54) is 6.20 Å². The second-order valence-corrected chi connectivity index (χ2v) is 4.00. The van der Waals surface area contributed by atoms with Gasteiger partial charge in [-0.2, -0.15) is 4.98 Å². The topological polar surface area (TPSA) is 77.8 Å². The Morgan fingerprint density at radius 3 is 2.94 bits per heavy atom. The molecule has 1 unspecified atom stereocenters. The zero-order valence-electron chi connectivity index (χ0n) is 8.72. The van der Waals surface area contributed by atoms with Crippen molar-refractivity contribution in [3.8, 4) is 11.6 Å². The largest absolute Gasteiger partial charge is 0.332 e. The lowest BCUT2D eigenvalue weighted by Crippen LogP contribution is -2.18. The van der Waals surface area contributed by atoms with Gasteiger partial charge in [0.15, 0.2) is 5.82 Å². The number of nitrogens with two attached hydrogens (primary N) is 1. The molecule has 0 aliphatic carbocycles. The molecule has 0 bridgehead atoms. The Morgan fingerprint density at radius 2 is 2.31 bits per heavy atom. The van der Waals surface area contributed by atoms with Crippen molar-refractivity contribution in [2.75, 3.05) is 0 Å². The third-order valence-electron chi connectivity index (χ3n) is 1.92. The van der Waals surface area contributed by atoms with Crippen molar-refractivity contribution in [1.29, 1.82) is 0 Å². The molecule has 5 nitrogen and oxygen atoms in total. The highest BCUT2D eigenvalue weighted by Crippen LogP contribution is 2.16. The molecule has 0 fully saturated rings. The zero-order chi connectivity index (χ0) is 11.5. The molecule has 0 aliphatic heterocycles. The maximum Gasteiger partial charge on any atom is 0.276 e. The van der Waals surface area contributed by atoms with Crippen LogP contribution in [0.2, 0.25) is 5.02 Å². The van der Waals surface area contributed by atoms with Crippen LogP contribution in [0.25, 0.3) is 11.6 Å². The second-order valence-electron chi connectivity index (χ2n) is 3.56. The third-order valence-corrected chi connectivity index (χ3v) is 2.14. The van der Waals surface area contributed by atoms with Crippen LogP contribution < -0.4 is 5.73 Å². The van der Waals surface area contributed by atoms with Gasteiger partial charge < -0.3 is 10.3 Å². The van der Waals surface area contributed by atoms with E-state index in [0.717, 1.165) is 0 Å². The maximum absolute atomic E-state index is 5.73. The first-order valence-corrected chi connectivity index (χ1v) is 5.23. The van der Waals surface area contributed by atoms with Crippen LogP contribution in [-0.2, 0) is 6.42 Å². The predicted octanol–water partition coefficient (Wildman–Crippen LogP) is 1.67. The van der Waals surface area contributed by atoms with Crippen LogP contribution in [0, 0.1) is 0 Å². The molecule has 0 saturated heterocycles. The number of hydrogen-bond donors (Lipinski definition) is 1. The van der Waals surface area contributed by atoms with Crippen LogP contribution in [-0.4, -0.2) is 21.2 Å². The van der Waals surface area contributed by atoms with E-state index < -0.39 is 0 Å². The molecule has 0 saturated carbocycles. The van der Waals surface area contributed by atoms with Crippen LogP contribution >= 0.6 is 11.6 Å². The summed E-state index contributed by atoms with van der Waals surface area (Å²) >= 11 is 5.73. The summed E-state index contributed by atoms with van der Waals surface area (Å²) in [5.41, 5.74) is 6.24. The first-order chi connectivity index (χ1) is 7.65. The van der Waals surface area contributed by atoms with Crippen LogP contribution in [0.3, 0.4) is 0 Å². The quantitative estimate of drug-likeness (QED) is 0.880. The SMILES string of the molecule is CC(N)Cc1noc(-c2ccc(Cl)cn2)n1. The van der Waals surface area contributed by atoms with Gasteiger partial charge in [-0.1, -0.05) is 16.8 Å². The molecule has 0 aliphatic rings. The van der Waals surface area contributed by atoms with Crippen molar-refractivity contribution < 1.29 is 4.52 Å². The van der Waals surface area contributed by atoms with Crippen molar-refractivity contribution in [3.63, 3.8) is 0 Å². The molecule has 2 rings (SSSR count). The highest BCUT2D eigenvalue weighted by molar-refractivity contribution is 6.30. The van der Waals surface area contributed by atoms with Gasteiger partial charge in [-0.05, 0) is 19.1 Å². The fourth-order valence-electron chi connectivity index (χ4n) is 1.23. The van der Waals surface area contributed by atoms with Crippen molar-refractivity contribution >= 4 is 11.6 Å². The number of halogens is 1. The van der Waals surface area contributed by atoms with Crippen LogP contribution in [0.4, 0.5) is 0 Å². The molecule has 2 aromatic rings. The monoisotopic (exact) mass is 238 g/mol. The number of aromatic nitrogens is 3. The number of rotatable bonds is 3. The highest BCUT2D eigenvalue weighted by Gasteiger charge is 2.10. The Bertz CT molecular complexity index is 466. The van der Waals surface area contributed by atoms with Gasteiger partial charge in [-0.15, -0.1) is 0 Å². The lowest BCUT2D eigenvalue weighted by atomic mass is 10.2. The normalized spacial score (nSPS) is 12.7. The number of hydrogen-bond acceptors (Lipinski definition) is 5. The minimum atomic E-state index is 0.00336. The fraction of sp³-hybridized carbons (Fsp3) is 0.300. The summed E-state index contributed by atoms with van der Waals surface area (Å²) in [5.74, 6) is 0.967. The van der Waals surface area contributed by atoms with Crippen LogP contribution in [0.5, 0.6) is 0 Å². The molecule has 0 spiro atoms. The van der Waals surface area contributed by atoms with Crippen LogP contribution in [0.15, 0.2) is 22.9 Å². The van der Waals surface area contributed by atoms with Gasteiger partial charge >= 0.3 is 0 Å². The molecular weight excluding hydrogens is 228 g/mol. The summed E-state index contributed by atoms with van der Waals surface area (Å²) in [4.78, 5) is 8.27. The average Bonchev–Trinajstić information content (AvgIpc) is 2.66. The molecule has 16 heavy (non-hydrogen) atoms. The van der Waals surface area contributed by atoms with E-state index in [1.807, 2.05) is 6.92 Å². The number of pyridine rings is 1.